The highest BCUT2D eigenvalue weighted by Crippen LogP contribution is 2.42. The van der Waals surface area contributed by atoms with Crippen LogP contribution in [0.15, 0.2) is 42.6 Å². The Hall–Kier alpha value is -3.68. The molecular formula is C29H29N5O2. The molecule has 0 radical (unpaired) electrons. The van der Waals surface area contributed by atoms with Crippen molar-refractivity contribution in [1.82, 2.24) is 24.7 Å². The number of aryl methyl sites for hydroxylation is 2. The smallest absolute Gasteiger partial charge is 0.259 e. The maximum Gasteiger partial charge on any atom is 0.259 e. The molecule has 0 spiro atoms. The number of imide groups is 1. The third-order valence-electron chi connectivity index (χ3n) is 8.18. The van der Waals surface area contributed by atoms with Crippen molar-refractivity contribution in [3.8, 4) is 0 Å². The molecule has 182 valence electrons. The molecule has 7 nitrogen and oxygen atoms in total. The number of piperazine rings is 1. The summed E-state index contributed by atoms with van der Waals surface area (Å²) in [6, 6.07) is 12.6. The molecule has 0 saturated carbocycles. The summed E-state index contributed by atoms with van der Waals surface area (Å²) in [5.41, 5.74) is 5.22. The first-order chi connectivity index (χ1) is 17.5. The van der Waals surface area contributed by atoms with Crippen molar-refractivity contribution < 1.29 is 9.59 Å². The van der Waals surface area contributed by atoms with Gasteiger partial charge in [0, 0.05) is 71.9 Å². The second kappa shape index (κ2) is 7.91. The predicted molar refractivity (Wildman–Crippen MR) is 144 cm³/mol. The molecular weight excluding hydrogens is 450 g/mol. The summed E-state index contributed by atoms with van der Waals surface area (Å²) in [5, 5.41) is 7.31. The number of likely N-dealkylation sites (N-methyl/N-ethyl adjacent to an activating group) is 1. The molecule has 7 heteroatoms. The number of aromatic nitrogens is 2. The van der Waals surface area contributed by atoms with Gasteiger partial charge in [-0.3, -0.25) is 14.9 Å². The lowest BCUT2D eigenvalue weighted by atomic mass is 9.93. The Morgan fingerprint density at radius 2 is 1.58 bits per heavy atom. The van der Waals surface area contributed by atoms with Gasteiger partial charge in [-0.2, -0.15) is 0 Å². The zero-order chi connectivity index (χ0) is 24.6. The number of amides is 2. The summed E-state index contributed by atoms with van der Waals surface area (Å²) in [6.07, 6.45) is 4.04. The van der Waals surface area contributed by atoms with Gasteiger partial charge in [0.2, 0.25) is 0 Å². The molecule has 2 N–H and O–H groups in total. The Bertz CT molecular complexity index is 1720. The zero-order valence-corrected chi connectivity index (χ0v) is 20.6. The summed E-state index contributed by atoms with van der Waals surface area (Å²) in [6.45, 7) is 5.60. The van der Waals surface area contributed by atoms with Gasteiger partial charge in [0.05, 0.1) is 22.2 Å². The average molecular weight is 480 g/mol. The second-order valence-electron chi connectivity index (χ2n) is 10.3. The summed E-state index contributed by atoms with van der Waals surface area (Å²) in [5.74, 6) is -0.622. The first-order valence-electron chi connectivity index (χ1n) is 12.7. The topological polar surface area (TPSA) is 73.4 Å². The third kappa shape index (κ3) is 3.06. The SMILES string of the molecule is CN1CCN(CCCc2cccc3c2[nH]c2c4ccc5ccn(C)c5c4c4c(c32)C(=O)NC4=O)CC1. The van der Waals surface area contributed by atoms with Gasteiger partial charge in [-0.05, 0) is 38.1 Å². The normalized spacial score (nSPS) is 17.2. The fourth-order valence-electron chi connectivity index (χ4n) is 6.29. The van der Waals surface area contributed by atoms with Crippen molar-refractivity contribution in [2.24, 2.45) is 7.05 Å². The Morgan fingerprint density at radius 3 is 2.39 bits per heavy atom. The number of hydrogen-bond donors (Lipinski definition) is 2. The molecule has 5 aromatic rings. The minimum Gasteiger partial charge on any atom is -0.354 e. The molecule has 2 aliphatic heterocycles. The first-order valence-corrected chi connectivity index (χ1v) is 12.7. The van der Waals surface area contributed by atoms with Gasteiger partial charge in [0.25, 0.3) is 11.8 Å². The molecule has 1 fully saturated rings. The van der Waals surface area contributed by atoms with Crippen LogP contribution in [0.3, 0.4) is 0 Å². The summed E-state index contributed by atoms with van der Waals surface area (Å²) < 4.78 is 2.03. The summed E-state index contributed by atoms with van der Waals surface area (Å²) >= 11 is 0. The highest BCUT2D eigenvalue weighted by Gasteiger charge is 2.34. The Kier molecular flexibility index (Phi) is 4.75. The lowest BCUT2D eigenvalue weighted by Gasteiger charge is -2.32. The molecule has 0 aliphatic carbocycles. The number of nitrogens with one attached hydrogen (secondary N) is 2. The summed E-state index contributed by atoms with van der Waals surface area (Å²) in [4.78, 5) is 34.9. The van der Waals surface area contributed by atoms with E-state index in [1.54, 1.807) is 0 Å². The maximum absolute atomic E-state index is 13.1. The number of para-hydroxylation sites is 1. The molecule has 7 rings (SSSR count). The van der Waals surface area contributed by atoms with Crippen molar-refractivity contribution in [2.75, 3.05) is 39.8 Å². The van der Waals surface area contributed by atoms with Gasteiger partial charge in [0.1, 0.15) is 0 Å². The van der Waals surface area contributed by atoms with E-state index >= 15 is 0 Å². The standard InChI is InChI=1S/C29H29N5O2/c1-32-13-15-34(16-14-32)11-4-6-17-5-3-7-19-21-23-24(29(36)31-28(23)35)22-20(26(21)30-25(17)19)9-8-18-10-12-33(2)27(18)22/h3,5,7-10,12,30H,4,6,11,13-16H2,1-2H3,(H,31,35,36). The van der Waals surface area contributed by atoms with Crippen molar-refractivity contribution in [2.45, 2.75) is 12.8 Å². The van der Waals surface area contributed by atoms with E-state index in [9.17, 15) is 9.59 Å². The Labute approximate surface area is 208 Å². The first kappa shape index (κ1) is 21.6. The van der Waals surface area contributed by atoms with Crippen LogP contribution in [0.5, 0.6) is 0 Å². The third-order valence-corrected chi connectivity index (χ3v) is 8.18. The molecule has 0 unspecified atom stereocenters. The number of nitrogens with zero attached hydrogens (tertiary/aromatic N) is 3. The van der Waals surface area contributed by atoms with Crippen LogP contribution in [0.2, 0.25) is 0 Å². The number of carbonyl (C=O) groups is 2. The maximum atomic E-state index is 13.1. The number of H-pyrrole nitrogens is 1. The van der Waals surface area contributed by atoms with Crippen LogP contribution in [-0.2, 0) is 13.5 Å². The molecule has 2 amide bonds. The van der Waals surface area contributed by atoms with Gasteiger partial charge in [0.15, 0.2) is 0 Å². The van der Waals surface area contributed by atoms with Crippen LogP contribution in [0.25, 0.3) is 43.5 Å². The van der Waals surface area contributed by atoms with Crippen molar-refractivity contribution >= 4 is 55.3 Å². The van der Waals surface area contributed by atoms with Crippen molar-refractivity contribution in [1.29, 1.82) is 0 Å². The van der Waals surface area contributed by atoms with Crippen LogP contribution in [0.4, 0.5) is 0 Å². The lowest BCUT2D eigenvalue weighted by molar-refractivity contribution is 0.0880. The van der Waals surface area contributed by atoms with Crippen LogP contribution < -0.4 is 5.32 Å². The number of hydrogen-bond acceptors (Lipinski definition) is 4. The number of carbonyl (C=O) groups excluding carboxylic acids is 2. The molecule has 3 aromatic carbocycles. The molecule has 2 aliphatic rings. The van der Waals surface area contributed by atoms with E-state index in [0.717, 1.165) is 89.0 Å². The minimum absolute atomic E-state index is 0.311. The second-order valence-corrected chi connectivity index (χ2v) is 10.3. The van der Waals surface area contributed by atoms with Gasteiger partial charge in [-0.15, -0.1) is 0 Å². The highest BCUT2D eigenvalue weighted by atomic mass is 16.2. The number of rotatable bonds is 4. The van der Waals surface area contributed by atoms with E-state index in [-0.39, 0.29) is 11.8 Å². The van der Waals surface area contributed by atoms with Gasteiger partial charge >= 0.3 is 0 Å². The highest BCUT2D eigenvalue weighted by molar-refractivity contribution is 6.39. The van der Waals surface area contributed by atoms with E-state index in [1.165, 1.54) is 5.56 Å². The van der Waals surface area contributed by atoms with Gasteiger partial charge in [-0.25, -0.2) is 0 Å². The van der Waals surface area contributed by atoms with Crippen LogP contribution in [0.1, 0.15) is 32.7 Å². The van der Waals surface area contributed by atoms with Crippen molar-refractivity contribution in [3.05, 3.63) is 59.3 Å². The van der Waals surface area contributed by atoms with Crippen LogP contribution in [-0.4, -0.2) is 70.9 Å². The number of aromatic amines is 1. The zero-order valence-electron chi connectivity index (χ0n) is 20.6. The van der Waals surface area contributed by atoms with Crippen molar-refractivity contribution in [3.63, 3.8) is 0 Å². The largest absolute Gasteiger partial charge is 0.354 e. The molecule has 4 heterocycles. The van der Waals surface area contributed by atoms with E-state index in [4.69, 9.17) is 0 Å². The fraction of sp³-hybridized carbons (Fsp3) is 0.310. The summed E-state index contributed by atoms with van der Waals surface area (Å²) in [7, 11) is 4.17. The molecule has 36 heavy (non-hydrogen) atoms. The predicted octanol–water partition coefficient (Wildman–Crippen LogP) is 4.03. The number of fused-ring (bicyclic) bond motifs is 10. The van der Waals surface area contributed by atoms with E-state index in [0.29, 0.717) is 11.1 Å². The van der Waals surface area contributed by atoms with Gasteiger partial charge in [-0.1, -0.05) is 30.3 Å². The van der Waals surface area contributed by atoms with Crippen LogP contribution >= 0.6 is 0 Å². The minimum atomic E-state index is -0.312. The quantitative estimate of drug-likeness (QED) is 0.382. The average Bonchev–Trinajstić information content (AvgIpc) is 3.54. The van der Waals surface area contributed by atoms with E-state index < -0.39 is 0 Å². The monoisotopic (exact) mass is 479 g/mol. The molecule has 2 aromatic heterocycles. The van der Waals surface area contributed by atoms with Crippen LogP contribution in [0, 0.1) is 0 Å². The Balaban J connectivity index is 1.41. The molecule has 1 saturated heterocycles. The van der Waals surface area contributed by atoms with E-state index in [1.807, 2.05) is 23.9 Å². The van der Waals surface area contributed by atoms with E-state index in [2.05, 4.69) is 57.5 Å². The molecule has 0 atom stereocenters. The molecule has 0 bridgehead atoms. The van der Waals surface area contributed by atoms with Gasteiger partial charge < -0.3 is 19.4 Å². The fourth-order valence-corrected chi connectivity index (χ4v) is 6.29. The lowest BCUT2D eigenvalue weighted by Crippen LogP contribution is -2.44. The Morgan fingerprint density at radius 1 is 0.833 bits per heavy atom. The number of benzene rings is 3.